The first-order valence-electron chi connectivity index (χ1n) is 14.3. The zero-order chi connectivity index (χ0) is 31.6. The molecule has 11 heteroatoms. The van der Waals surface area contributed by atoms with Crippen LogP contribution in [0.3, 0.4) is 0 Å². The molecule has 0 spiro atoms. The molecule has 3 N–H and O–H groups in total. The number of nitrogens with zero attached hydrogens (tertiary/aromatic N) is 4. The summed E-state index contributed by atoms with van der Waals surface area (Å²) >= 11 is 0. The van der Waals surface area contributed by atoms with Crippen molar-refractivity contribution in [2.75, 3.05) is 30.3 Å². The number of anilines is 3. The molecule has 2 aromatic heterocycles. The van der Waals surface area contributed by atoms with Gasteiger partial charge in [-0.3, -0.25) is 24.2 Å². The topological polar surface area (TPSA) is 138 Å². The van der Waals surface area contributed by atoms with Gasteiger partial charge in [0.2, 0.25) is 5.91 Å². The molecule has 4 aromatic rings. The molecule has 1 aliphatic rings. The van der Waals surface area contributed by atoms with Crippen molar-refractivity contribution in [1.82, 2.24) is 24.8 Å². The molecule has 3 amide bonds. The van der Waals surface area contributed by atoms with Gasteiger partial charge >= 0.3 is 0 Å². The Labute approximate surface area is 255 Å². The second kappa shape index (κ2) is 12.1. The number of aromatic nitrogens is 3. The molecule has 0 aliphatic carbocycles. The first kappa shape index (κ1) is 30.1. The van der Waals surface area contributed by atoms with Crippen LogP contribution in [0.2, 0.25) is 0 Å². The van der Waals surface area contributed by atoms with E-state index in [1.54, 1.807) is 49.8 Å². The Morgan fingerprint density at radius 3 is 2.36 bits per heavy atom. The van der Waals surface area contributed by atoms with Crippen molar-refractivity contribution in [3.8, 4) is 11.3 Å². The predicted molar refractivity (Wildman–Crippen MR) is 169 cm³/mol. The summed E-state index contributed by atoms with van der Waals surface area (Å²) in [7, 11) is 1.64. The standard InChI is InChI=1S/C33H35N7O4/c1-20-24(7-6-8-25(20)38-30(42)22-11-14-27(35-17-22)33(2,3)4)26-18-39(5)32(44)29(37-26)36-23-12-9-21(10-13-23)31(43)40-16-15-34-28(41)19-40/h6-14,17-18H,15-16,19H2,1-5H3,(H,34,41)(H,36,37)(H,38,42). The van der Waals surface area contributed by atoms with E-state index in [1.807, 2.05) is 31.2 Å². The van der Waals surface area contributed by atoms with Crippen LogP contribution in [0.5, 0.6) is 0 Å². The average Bonchev–Trinajstić information content (AvgIpc) is 3.00. The molecule has 5 rings (SSSR count). The lowest BCUT2D eigenvalue weighted by Crippen LogP contribution is -2.49. The molecule has 226 valence electrons. The van der Waals surface area contributed by atoms with Crippen LogP contribution in [-0.2, 0) is 17.3 Å². The van der Waals surface area contributed by atoms with Gasteiger partial charge in [0.05, 0.1) is 17.8 Å². The van der Waals surface area contributed by atoms with Gasteiger partial charge in [-0.1, -0.05) is 32.9 Å². The average molecular weight is 594 g/mol. The highest BCUT2D eigenvalue weighted by Gasteiger charge is 2.22. The number of benzene rings is 2. The number of rotatable bonds is 6. The van der Waals surface area contributed by atoms with Crippen LogP contribution in [-0.4, -0.2) is 56.8 Å². The first-order chi connectivity index (χ1) is 20.9. The number of hydrogen-bond donors (Lipinski definition) is 3. The fourth-order valence-electron chi connectivity index (χ4n) is 4.86. The Bertz CT molecular complexity index is 1790. The molecule has 11 nitrogen and oxygen atoms in total. The van der Waals surface area contributed by atoms with Crippen LogP contribution in [0.25, 0.3) is 11.3 Å². The van der Waals surface area contributed by atoms with Crippen LogP contribution >= 0.6 is 0 Å². The highest BCUT2D eigenvalue weighted by atomic mass is 16.2. The highest BCUT2D eigenvalue weighted by Crippen LogP contribution is 2.28. The summed E-state index contributed by atoms with van der Waals surface area (Å²) in [5.41, 5.74) is 4.59. The number of nitrogens with one attached hydrogen (secondary N) is 3. The number of aryl methyl sites for hydroxylation is 1. The summed E-state index contributed by atoms with van der Waals surface area (Å²) in [4.78, 5) is 61.1. The Morgan fingerprint density at radius 2 is 1.70 bits per heavy atom. The van der Waals surface area contributed by atoms with E-state index in [0.717, 1.165) is 16.8 Å². The maximum Gasteiger partial charge on any atom is 0.293 e. The fourth-order valence-corrected chi connectivity index (χ4v) is 4.86. The van der Waals surface area contributed by atoms with Gasteiger partial charge in [-0.15, -0.1) is 0 Å². The van der Waals surface area contributed by atoms with Crippen molar-refractivity contribution in [2.45, 2.75) is 33.1 Å². The lowest BCUT2D eigenvalue weighted by Gasteiger charge is -2.26. The summed E-state index contributed by atoms with van der Waals surface area (Å²) in [6, 6.07) is 15.8. The Balaban J connectivity index is 1.35. The smallest absolute Gasteiger partial charge is 0.293 e. The van der Waals surface area contributed by atoms with E-state index in [1.165, 1.54) is 9.47 Å². The molecule has 0 atom stereocenters. The van der Waals surface area contributed by atoms with Gasteiger partial charge in [0.25, 0.3) is 17.4 Å². The molecule has 1 aliphatic heterocycles. The normalized spacial score (nSPS) is 13.3. The molecular weight excluding hydrogens is 558 g/mol. The monoisotopic (exact) mass is 593 g/mol. The van der Waals surface area contributed by atoms with Crippen LogP contribution in [0.1, 0.15) is 52.7 Å². The fraction of sp³-hybridized carbons (Fsp3) is 0.273. The third-order valence-electron chi connectivity index (χ3n) is 7.44. The first-order valence-corrected chi connectivity index (χ1v) is 14.3. The number of carbonyl (C=O) groups is 3. The van der Waals surface area contributed by atoms with E-state index in [2.05, 4.69) is 46.7 Å². The van der Waals surface area contributed by atoms with Crippen molar-refractivity contribution >= 4 is 34.9 Å². The predicted octanol–water partition coefficient (Wildman–Crippen LogP) is 4.02. The second-order valence-electron chi connectivity index (χ2n) is 11.8. The molecule has 2 aromatic carbocycles. The van der Waals surface area contributed by atoms with E-state index in [0.29, 0.717) is 41.3 Å². The largest absolute Gasteiger partial charge is 0.353 e. The van der Waals surface area contributed by atoms with Crippen molar-refractivity contribution in [1.29, 1.82) is 0 Å². The van der Waals surface area contributed by atoms with Crippen molar-refractivity contribution in [3.63, 3.8) is 0 Å². The van der Waals surface area contributed by atoms with Gasteiger partial charge in [-0.2, -0.15) is 0 Å². The Hall–Kier alpha value is -5.32. The molecule has 1 saturated heterocycles. The van der Waals surface area contributed by atoms with Crippen molar-refractivity contribution in [2.24, 2.45) is 7.05 Å². The number of carbonyl (C=O) groups excluding carboxylic acids is 3. The number of pyridine rings is 1. The maximum atomic E-state index is 13.0. The van der Waals surface area contributed by atoms with Gasteiger partial charge in [0.15, 0.2) is 5.82 Å². The molecule has 0 bridgehead atoms. The van der Waals surface area contributed by atoms with Gasteiger partial charge in [0, 0.05) is 66.1 Å². The molecule has 3 heterocycles. The third kappa shape index (κ3) is 6.51. The van der Waals surface area contributed by atoms with Crippen LogP contribution in [0, 0.1) is 6.92 Å². The molecule has 0 saturated carbocycles. The van der Waals surface area contributed by atoms with E-state index < -0.39 is 0 Å². The molecule has 1 fully saturated rings. The molecule has 0 unspecified atom stereocenters. The maximum absolute atomic E-state index is 13.0. The second-order valence-corrected chi connectivity index (χ2v) is 11.8. The number of hydrogen-bond acceptors (Lipinski definition) is 7. The summed E-state index contributed by atoms with van der Waals surface area (Å²) in [5.74, 6) is -0.589. The van der Waals surface area contributed by atoms with E-state index in [4.69, 9.17) is 0 Å². The summed E-state index contributed by atoms with van der Waals surface area (Å²) < 4.78 is 1.44. The quantitative estimate of drug-likeness (QED) is 0.307. The van der Waals surface area contributed by atoms with Crippen LogP contribution in [0.4, 0.5) is 17.2 Å². The lowest BCUT2D eigenvalue weighted by molar-refractivity contribution is -0.123. The minimum atomic E-state index is -0.332. The van der Waals surface area contributed by atoms with Gasteiger partial charge < -0.3 is 25.4 Å². The van der Waals surface area contributed by atoms with Crippen molar-refractivity contribution in [3.05, 3.63) is 99.7 Å². The summed E-state index contributed by atoms with van der Waals surface area (Å²) in [6.45, 7) is 8.98. The minimum absolute atomic E-state index is 0.0254. The molecule has 44 heavy (non-hydrogen) atoms. The van der Waals surface area contributed by atoms with E-state index in [-0.39, 0.29) is 41.1 Å². The zero-order valence-electron chi connectivity index (χ0n) is 25.4. The molecule has 0 radical (unpaired) electrons. The SMILES string of the molecule is Cc1c(NC(=O)c2ccc(C(C)(C)C)nc2)cccc1-c1cn(C)c(=O)c(Nc2ccc(C(=O)N3CCNC(=O)C3)cc2)n1. The van der Waals surface area contributed by atoms with Crippen LogP contribution < -0.4 is 21.5 Å². The minimum Gasteiger partial charge on any atom is -0.353 e. The van der Waals surface area contributed by atoms with E-state index in [9.17, 15) is 19.2 Å². The van der Waals surface area contributed by atoms with Crippen molar-refractivity contribution < 1.29 is 14.4 Å². The van der Waals surface area contributed by atoms with Gasteiger partial charge in [-0.25, -0.2) is 4.98 Å². The lowest BCUT2D eigenvalue weighted by atomic mass is 9.91. The Morgan fingerprint density at radius 1 is 0.977 bits per heavy atom. The summed E-state index contributed by atoms with van der Waals surface area (Å²) in [6.07, 6.45) is 3.23. The van der Waals surface area contributed by atoms with E-state index >= 15 is 0 Å². The van der Waals surface area contributed by atoms with Gasteiger partial charge in [0.1, 0.15) is 0 Å². The number of amides is 3. The summed E-state index contributed by atoms with van der Waals surface area (Å²) in [5, 5.41) is 8.75. The molecular formula is C33H35N7O4. The van der Waals surface area contributed by atoms with Gasteiger partial charge in [-0.05, 0) is 55.0 Å². The highest BCUT2D eigenvalue weighted by molar-refractivity contribution is 6.05. The Kier molecular flexibility index (Phi) is 8.30. The third-order valence-corrected chi connectivity index (χ3v) is 7.44. The number of piperazine rings is 1. The zero-order valence-corrected chi connectivity index (χ0v) is 25.4. The van der Waals surface area contributed by atoms with Crippen LogP contribution in [0.15, 0.2) is 71.8 Å².